The highest BCUT2D eigenvalue weighted by Gasteiger charge is 2.26. The third-order valence-electron chi connectivity index (χ3n) is 6.15. The quantitative estimate of drug-likeness (QED) is 0.384. The highest BCUT2D eigenvalue weighted by molar-refractivity contribution is 6.31. The Morgan fingerprint density at radius 3 is 2.51 bits per heavy atom. The first-order chi connectivity index (χ1) is 16.8. The summed E-state index contributed by atoms with van der Waals surface area (Å²) in [5, 5.41) is 6.14. The van der Waals surface area contributed by atoms with Crippen LogP contribution in [0, 0.1) is 5.82 Å². The van der Waals surface area contributed by atoms with Gasteiger partial charge in [0.15, 0.2) is 0 Å². The molecule has 3 aromatic rings. The molecule has 0 radical (unpaired) electrons. The summed E-state index contributed by atoms with van der Waals surface area (Å²) in [6.45, 7) is 4.71. The molecule has 3 aromatic carbocycles. The highest BCUT2D eigenvalue weighted by Crippen LogP contribution is 2.27. The van der Waals surface area contributed by atoms with Gasteiger partial charge in [-0.1, -0.05) is 29.8 Å². The number of anilines is 3. The summed E-state index contributed by atoms with van der Waals surface area (Å²) >= 11 is 6.13. The third-order valence-corrected chi connectivity index (χ3v) is 6.39. The third kappa shape index (κ3) is 5.44. The molecule has 1 saturated heterocycles. The molecule has 0 spiro atoms. The van der Waals surface area contributed by atoms with Crippen molar-refractivity contribution in [2.75, 3.05) is 37.3 Å². The number of hydrogen-bond acceptors (Lipinski definition) is 6. The summed E-state index contributed by atoms with van der Waals surface area (Å²) in [6, 6.07) is 11.5. The van der Waals surface area contributed by atoms with E-state index in [9.17, 15) is 18.8 Å². The van der Waals surface area contributed by atoms with Crippen LogP contribution in [0.5, 0.6) is 0 Å². The molecule has 35 heavy (non-hydrogen) atoms. The van der Waals surface area contributed by atoms with E-state index in [1.54, 1.807) is 43.5 Å². The number of amides is 1. The van der Waals surface area contributed by atoms with Gasteiger partial charge < -0.3 is 15.5 Å². The lowest BCUT2D eigenvalue weighted by atomic mass is 10.1. The maximum absolute atomic E-state index is 13.1. The standard InChI is InChI=1S/C26H26ClFN4O3/c1-16-14-31(15-17-3-8-20(28)9-4-17)11-12-32(16)22(33)10-6-18-5-7-19(27)13-21(18)30-24-23(29-2)25(34)26(24)35/h3-10,13,16,29-30H,11-12,14-15H2,1-2H3/b10-6+/t16-/m1/s1. The number of benzene rings is 2. The van der Waals surface area contributed by atoms with Crippen molar-refractivity contribution in [3.63, 3.8) is 0 Å². The summed E-state index contributed by atoms with van der Waals surface area (Å²) in [7, 11) is 1.57. The number of hydrogen-bond donors (Lipinski definition) is 2. The number of carbonyl (C=O) groups excluding carboxylic acids is 1. The maximum atomic E-state index is 13.1. The van der Waals surface area contributed by atoms with Crippen LogP contribution in [0.15, 0.2) is 58.1 Å². The zero-order valence-electron chi connectivity index (χ0n) is 19.5. The van der Waals surface area contributed by atoms with Crippen molar-refractivity contribution in [3.8, 4) is 0 Å². The van der Waals surface area contributed by atoms with Crippen molar-refractivity contribution in [2.45, 2.75) is 19.5 Å². The summed E-state index contributed by atoms with van der Waals surface area (Å²) in [6.07, 6.45) is 3.17. The molecule has 9 heteroatoms. The first-order valence-electron chi connectivity index (χ1n) is 11.3. The summed E-state index contributed by atoms with van der Waals surface area (Å²) in [5.74, 6) is -0.375. The number of rotatable bonds is 7. The van der Waals surface area contributed by atoms with Crippen LogP contribution in [-0.4, -0.2) is 48.4 Å². The van der Waals surface area contributed by atoms with Gasteiger partial charge in [-0.3, -0.25) is 19.3 Å². The Labute approximate surface area is 207 Å². The first-order valence-corrected chi connectivity index (χ1v) is 11.7. The molecule has 1 atom stereocenters. The van der Waals surface area contributed by atoms with E-state index in [1.807, 2.05) is 11.8 Å². The molecule has 2 N–H and O–H groups in total. The van der Waals surface area contributed by atoms with E-state index in [1.165, 1.54) is 18.2 Å². The van der Waals surface area contributed by atoms with E-state index in [0.29, 0.717) is 42.5 Å². The van der Waals surface area contributed by atoms with Crippen LogP contribution in [0.2, 0.25) is 5.02 Å². The van der Waals surface area contributed by atoms with E-state index in [0.717, 1.165) is 5.56 Å². The Hall–Kier alpha value is -3.49. The lowest BCUT2D eigenvalue weighted by Crippen LogP contribution is -2.53. The van der Waals surface area contributed by atoms with Gasteiger partial charge in [-0.25, -0.2) is 4.39 Å². The average molecular weight is 497 g/mol. The SMILES string of the molecule is CNc1c(Nc2cc(Cl)ccc2/C=C/C(=O)N2CCN(Cc3ccc(F)cc3)C[C@H]2C)c(=O)c1=O. The summed E-state index contributed by atoms with van der Waals surface area (Å²) in [5.41, 5.74) is 1.41. The smallest absolute Gasteiger partial charge is 0.253 e. The molecule has 1 aliphatic heterocycles. The van der Waals surface area contributed by atoms with Crippen LogP contribution < -0.4 is 21.5 Å². The van der Waals surface area contributed by atoms with Gasteiger partial charge in [-0.15, -0.1) is 0 Å². The average Bonchev–Trinajstić information content (AvgIpc) is 2.84. The van der Waals surface area contributed by atoms with Crippen LogP contribution in [0.4, 0.5) is 21.5 Å². The predicted molar refractivity (Wildman–Crippen MR) is 138 cm³/mol. The van der Waals surface area contributed by atoms with Crippen LogP contribution in [0.25, 0.3) is 6.08 Å². The Bertz CT molecular complexity index is 1330. The van der Waals surface area contributed by atoms with E-state index >= 15 is 0 Å². The Morgan fingerprint density at radius 2 is 1.83 bits per heavy atom. The number of piperazine rings is 1. The Balaban J connectivity index is 1.42. The lowest BCUT2D eigenvalue weighted by molar-refractivity contribution is -0.130. The summed E-state index contributed by atoms with van der Waals surface area (Å²) in [4.78, 5) is 40.7. The van der Waals surface area contributed by atoms with E-state index in [2.05, 4.69) is 15.5 Å². The van der Waals surface area contributed by atoms with Crippen LogP contribution in [-0.2, 0) is 11.3 Å². The van der Waals surface area contributed by atoms with Gasteiger partial charge in [0, 0.05) is 56.1 Å². The van der Waals surface area contributed by atoms with Gasteiger partial charge in [-0.2, -0.15) is 0 Å². The largest absolute Gasteiger partial charge is 0.383 e. The zero-order valence-corrected chi connectivity index (χ0v) is 20.2. The van der Waals surface area contributed by atoms with Crippen molar-refractivity contribution >= 4 is 40.6 Å². The minimum atomic E-state index is -0.604. The Kier molecular flexibility index (Phi) is 7.33. The van der Waals surface area contributed by atoms with Crippen molar-refractivity contribution < 1.29 is 9.18 Å². The van der Waals surface area contributed by atoms with E-state index in [4.69, 9.17) is 11.6 Å². The lowest BCUT2D eigenvalue weighted by Gasteiger charge is -2.39. The van der Waals surface area contributed by atoms with Crippen molar-refractivity contribution in [1.29, 1.82) is 0 Å². The van der Waals surface area contributed by atoms with Gasteiger partial charge in [0.2, 0.25) is 5.91 Å². The topological polar surface area (TPSA) is 81.8 Å². The molecule has 182 valence electrons. The van der Waals surface area contributed by atoms with E-state index in [-0.39, 0.29) is 29.1 Å². The van der Waals surface area contributed by atoms with Gasteiger partial charge >= 0.3 is 0 Å². The molecule has 0 aliphatic carbocycles. The minimum absolute atomic E-state index is 0.00566. The zero-order chi connectivity index (χ0) is 25.1. The number of halogens is 2. The first kappa shape index (κ1) is 24.6. The van der Waals surface area contributed by atoms with Crippen molar-refractivity contribution in [2.24, 2.45) is 0 Å². The molecule has 0 saturated carbocycles. The Morgan fingerprint density at radius 1 is 1.11 bits per heavy atom. The second kappa shape index (κ2) is 10.4. The fourth-order valence-electron chi connectivity index (χ4n) is 4.28. The van der Waals surface area contributed by atoms with Gasteiger partial charge in [0.1, 0.15) is 17.2 Å². The molecule has 1 amide bonds. The second-order valence-corrected chi connectivity index (χ2v) is 9.03. The molecule has 4 rings (SSSR count). The molecule has 1 aliphatic rings. The van der Waals surface area contributed by atoms with Gasteiger partial charge in [-0.05, 0) is 48.4 Å². The molecular formula is C26H26ClFN4O3. The normalized spacial score (nSPS) is 16.7. The van der Waals surface area contributed by atoms with Crippen molar-refractivity contribution in [1.82, 2.24) is 9.80 Å². The fourth-order valence-corrected chi connectivity index (χ4v) is 4.45. The van der Waals surface area contributed by atoms with Crippen molar-refractivity contribution in [3.05, 3.63) is 91.0 Å². The molecule has 1 heterocycles. The number of nitrogens with one attached hydrogen (secondary N) is 2. The molecule has 0 unspecified atom stereocenters. The monoisotopic (exact) mass is 496 g/mol. The maximum Gasteiger partial charge on any atom is 0.253 e. The number of nitrogens with zero attached hydrogens (tertiary/aromatic N) is 2. The number of carbonyl (C=O) groups is 1. The predicted octanol–water partition coefficient (Wildman–Crippen LogP) is 3.61. The molecule has 7 nitrogen and oxygen atoms in total. The summed E-state index contributed by atoms with van der Waals surface area (Å²) < 4.78 is 13.1. The fraction of sp³-hybridized carbons (Fsp3) is 0.269. The van der Waals surface area contributed by atoms with Gasteiger partial charge in [0.05, 0.1) is 0 Å². The van der Waals surface area contributed by atoms with Crippen LogP contribution in [0.1, 0.15) is 18.1 Å². The van der Waals surface area contributed by atoms with Crippen LogP contribution >= 0.6 is 11.6 Å². The molecule has 0 aromatic heterocycles. The van der Waals surface area contributed by atoms with E-state index < -0.39 is 10.9 Å². The van der Waals surface area contributed by atoms with Crippen LogP contribution in [0.3, 0.4) is 0 Å². The van der Waals surface area contributed by atoms with Gasteiger partial charge in [0.25, 0.3) is 10.9 Å². The highest BCUT2D eigenvalue weighted by atomic mass is 35.5. The minimum Gasteiger partial charge on any atom is -0.383 e. The second-order valence-electron chi connectivity index (χ2n) is 8.59. The molecular weight excluding hydrogens is 471 g/mol. The molecule has 1 fully saturated rings. The molecule has 0 bridgehead atoms.